The van der Waals surface area contributed by atoms with E-state index in [1.54, 1.807) is 17.4 Å². The monoisotopic (exact) mass is 339 g/mol. The standard InChI is InChI=1S/C12H6BrNO2S2/c13-7-2-1-6-3-8(17-9(6)4-7)5-10-11(15)14-12(16)18-10/h1-5H,(H,14,15,16). The largest absolute Gasteiger partial charge is 0.290 e. The maximum Gasteiger partial charge on any atom is 0.290 e. The van der Waals surface area contributed by atoms with Crippen LogP contribution in [0.15, 0.2) is 33.6 Å². The summed E-state index contributed by atoms with van der Waals surface area (Å²) in [5.74, 6) is -0.316. The number of rotatable bonds is 1. The molecule has 2 heterocycles. The molecule has 90 valence electrons. The fourth-order valence-electron chi connectivity index (χ4n) is 1.65. The zero-order valence-corrected chi connectivity index (χ0v) is 12.1. The predicted octanol–water partition coefficient (Wildman–Crippen LogP) is 3.99. The molecule has 1 aliphatic rings. The Kier molecular flexibility index (Phi) is 3.01. The predicted molar refractivity (Wildman–Crippen MR) is 78.6 cm³/mol. The first-order valence-electron chi connectivity index (χ1n) is 5.06. The molecule has 1 aliphatic heterocycles. The van der Waals surface area contributed by atoms with Crippen molar-refractivity contribution in [1.29, 1.82) is 0 Å². The number of carbonyl (C=O) groups is 2. The summed E-state index contributed by atoms with van der Waals surface area (Å²) in [4.78, 5) is 23.9. The molecule has 0 atom stereocenters. The highest BCUT2D eigenvalue weighted by molar-refractivity contribution is 9.10. The van der Waals surface area contributed by atoms with Crippen molar-refractivity contribution in [3.63, 3.8) is 0 Å². The van der Waals surface area contributed by atoms with Crippen molar-refractivity contribution < 1.29 is 9.59 Å². The van der Waals surface area contributed by atoms with Crippen LogP contribution in [0.5, 0.6) is 0 Å². The van der Waals surface area contributed by atoms with E-state index in [-0.39, 0.29) is 11.1 Å². The molecule has 1 saturated heterocycles. The van der Waals surface area contributed by atoms with Crippen LogP contribution in [0.4, 0.5) is 4.79 Å². The van der Waals surface area contributed by atoms with Gasteiger partial charge in [0, 0.05) is 14.0 Å². The molecule has 1 aromatic carbocycles. The van der Waals surface area contributed by atoms with Crippen LogP contribution in [-0.4, -0.2) is 11.1 Å². The second-order valence-corrected chi connectivity index (χ2v) is 6.73. The minimum atomic E-state index is -0.316. The van der Waals surface area contributed by atoms with E-state index in [1.165, 1.54) is 0 Å². The molecule has 2 amide bonds. The Labute approximate surface area is 119 Å². The molecular formula is C12H6BrNO2S2. The van der Waals surface area contributed by atoms with Gasteiger partial charge in [-0.05, 0) is 41.4 Å². The number of imide groups is 1. The van der Waals surface area contributed by atoms with Gasteiger partial charge in [0.15, 0.2) is 0 Å². The SMILES string of the molecule is O=C1NC(=O)C(=Cc2cc3ccc(Br)cc3s2)S1. The summed E-state index contributed by atoms with van der Waals surface area (Å²) in [6.45, 7) is 0. The summed E-state index contributed by atoms with van der Waals surface area (Å²) < 4.78 is 2.17. The molecule has 0 unspecified atom stereocenters. The Morgan fingerprint density at radius 3 is 2.78 bits per heavy atom. The zero-order chi connectivity index (χ0) is 12.7. The molecule has 2 aromatic rings. The van der Waals surface area contributed by atoms with Crippen LogP contribution in [0, 0.1) is 0 Å². The lowest BCUT2D eigenvalue weighted by atomic mass is 10.2. The molecule has 1 aromatic heterocycles. The van der Waals surface area contributed by atoms with Crippen LogP contribution < -0.4 is 5.32 Å². The third-order valence-electron chi connectivity index (χ3n) is 2.42. The highest BCUT2D eigenvalue weighted by Crippen LogP contribution is 2.32. The first-order chi connectivity index (χ1) is 8.61. The summed E-state index contributed by atoms with van der Waals surface area (Å²) in [5.41, 5.74) is 0. The van der Waals surface area contributed by atoms with E-state index >= 15 is 0 Å². The Morgan fingerprint density at radius 2 is 2.06 bits per heavy atom. The van der Waals surface area contributed by atoms with Crippen molar-refractivity contribution in [3.8, 4) is 0 Å². The van der Waals surface area contributed by atoms with Gasteiger partial charge in [-0.3, -0.25) is 14.9 Å². The lowest BCUT2D eigenvalue weighted by Gasteiger charge is -1.88. The highest BCUT2D eigenvalue weighted by atomic mass is 79.9. The van der Waals surface area contributed by atoms with Crippen LogP contribution >= 0.6 is 39.0 Å². The quantitative estimate of drug-likeness (QED) is 0.799. The summed E-state index contributed by atoms with van der Waals surface area (Å²) in [7, 11) is 0. The maximum atomic E-state index is 11.4. The lowest BCUT2D eigenvalue weighted by Crippen LogP contribution is -2.17. The Balaban J connectivity index is 2.03. The van der Waals surface area contributed by atoms with Gasteiger partial charge in [-0.15, -0.1) is 11.3 Å². The maximum absolute atomic E-state index is 11.4. The van der Waals surface area contributed by atoms with Crippen LogP contribution in [0.3, 0.4) is 0 Å². The molecule has 0 bridgehead atoms. The third kappa shape index (κ3) is 2.23. The molecule has 6 heteroatoms. The molecule has 1 fully saturated rings. The summed E-state index contributed by atoms with van der Waals surface area (Å²) in [6, 6.07) is 8.04. The molecule has 0 radical (unpaired) electrons. The Hall–Kier alpha value is -1.11. The molecular weight excluding hydrogens is 334 g/mol. The van der Waals surface area contributed by atoms with E-state index in [0.29, 0.717) is 4.91 Å². The molecule has 3 nitrogen and oxygen atoms in total. The Bertz CT molecular complexity index is 705. The van der Waals surface area contributed by atoms with E-state index in [0.717, 1.165) is 31.2 Å². The minimum Gasteiger partial charge on any atom is -0.282 e. The van der Waals surface area contributed by atoms with E-state index in [9.17, 15) is 9.59 Å². The van der Waals surface area contributed by atoms with Crippen LogP contribution in [0.2, 0.25) is 0 Å². The first-order valence-corrected chi connectivity index (χ1v) is 7.48. The van der Waals surface area contributed by atoms with E-state index in [2.05, 4.69) is 21.2 Å². The van der Waals surface area contributed by atoms with Gasteiger partial charge in [0.1, 0.15) is 0 Å². The summed E-state index contributed by atoms with van der Waals surface area (Å²) in [6.07, 6.45) is 1.75. The van der Waals surface area contributed by atoms with Gasteiger partial charge in [-0.2, -0.15) is 0 Å². The number of hydrogen-bond acceptors (Lipinski definition) is 4. The van der Waals surface area contributed by atoms with Gasteiger partial charge in [0.2, 0.25) is 0 Å². The number of fused-ring (bicyclic) bond motifs is 1. The zero-order valence-electron chi connectivity index (χ0n) is 8.90. The second-order valence-electron chi connectivity index (χ2n) is 3.68. The van der Waals surface area contributed by atoms with E-state index in [1.807, 2.05) is 24.3 Å². The van der Waals surface area contributed by atoms with Crippen LogP contribution in [-0.2, 0) is 4.79 Å². The number of carbonyl (C=O) groups excluding carboxylic acids is 2. The fourth-order valence-corrected chi connectivity index (χ4v) is 3.95. The van der Waals surface area contributed by atoms with E-state index in [4.69, 9.17) is 0 Å². The fraction of sp³-hybridized carbons (Fsp3) is 0. The molecule has 3 rings (SSSR count). The second kappa shape index (κ2) is 4.53. The normalized spacial score (nSPS) is 17.7. The number of thioether (sulfide) groups is 1. The number of thiophene rings is 1. The van der Waals surface area contributed by atoms with Crippen LogP contribution in [0.1, 0.15) is 4.88 Å². The van der Waals surface area contributed by atoms with Crippen molar-refractivity contribution in [2.75, 3.05) is 0 Å². The van der Waals surface area contributed by atoms with Gasteiger partial charge in [0.05, 0.1) is 4.91 Å². The topological polar surface area (TPSA) is 46.2 Å². The average molecular weight is 340 g/mol. The highest BCUT2D eigenvalue weighted by Gasteiger charge is 2.25. The van der Waals surface area contributed by atoms with Crippen molar-refractivity contribution in [2.45, 2.75) is 0 Å². The number of hydrogen-bond donors (Lipinski definition) is 1. The molecule has 0 saturated carbocycles. The van der Waals surface area contributed by atoms with E-state index < -0.39 is 0 Å². The number of benzene rings is 1. The molecule has 1 N–H and O–H groups in total. The lowest BCUT2D eigenvalue weighted by molar-refractivity contribution is -0.115. The summed E-state index contributed by atoms with van der Waals surface area (Å²) in [5, 5.41) is 3.06. The van der Waals surface area contributed by atoms with Gasteiger partial charge in [-0.1, -0.05) is 22.0 Å². The van der Waals surface area contributed by atoms with Gasteiger partial charge in [-0.25, -0.2) is 0 Å². The van der Waals surface area contributed by atoms with Crippen molar-refractivity contribution >= 4 is 66.3 Å². The summed E-state index contributed by atoms with van der Waals surface area (Å²) >= 11 is 5.96. The third-order valence-corrected chi connectivity index (χ3v) is 4.77. The minimum absolute atomic E-state index is 0.310. The number of amides is 2. The van der Waals surface area contributed by atoms with Crippen molar-refractivity contribution in [3.05, 3.63) is 38.5 Å². The van der Waals surface area contributed by atoms with Gasteiger partial charge >= 0.3 is 0 Å². The Morgan fingerprint density at radius 1 is 1.22 bits per heavy atom. The van der Waals surface area contributed by atoms with Gasteiger partial charge in [0.25, 0.3) is 11.1 Å². The van der Waals surface area contributed by atoms with Crippen molar-refractivity contribution in [1.82, 2.24) is 5.32 Å². The van der Waals surface area contributed by atoms with Crippen LogP contribution in [0.25, 0.3) is 16.2 Å². The number of nitrogens with one attached hydrogen (secondary N) is 1. The average Bonchev–Trinajstić information content (AvgIpc) is 2.82. The number of halogens is 1. The van der Waals surface area contributed by atoms with Crippen molar-refractivity contribution in [2.24, 2.45) is 0 Å². The van der Waals surface area contributed by atoms with Gasteiger partial charge < -0.3 is 0 Å². The smallest absolute Gasteiger partial charge is 0.282 e. The molecule has 0 spiro atoms. The first kappa shape index (κ1) is 12.0. The molecule has 0 aliphatic carbocycles. The molecule has 18 heavy (non-hydrogen) atoms.